The molecule has 0 atom stereocenters. The second-order valence-electron chi connectivity index (χ2n) is 6.31. The number of benzene rings is 2. The van der Waals surface area contributed by atoms with E-state index in [1.165, 1.54) is 40.7 Å². The zero-order chi connectivity index (χ0) is 19.6. The zero-order valence-electron chi connectivity index (χ0n) is 14.7. The molecule has 2 aromatic carbocycles. The molecule has 2 aromatic rings. The van der Waals surface area contributed by atoms with Gasteiger partial charge in [-0.15, -0.1) is 0 Å². The number of hydrogen-bond donors (Lipinski definition) is 1. The van der Waals surface area contributed by atoms with Gasteiger partial charge in [0.25, 0.3) is 5.91 Å². The summed E-state index contributed by atoms with van der Waals surface area (Å²) >= 11 is 6.09. The number of carbonyl (C=O) groups excluding carboxylic acids is 1. The number of carbonyl (C=O) groups is 1. The fraction of sp³-hybridized carbons (Fsp3) is 0.278. The number of anilines is 1. The van der Waals surface area contributed by atoms with Crippen LogP contribution in [-0.4, -0.2) is 56.8 Å². The van der Waals surface area contributed by atoms with E-state index >= 15 is 0 Å². The lowest BCUT2D eigenvalue weighted by molar-refractivity contribution is 0.102. The first-order valence-corrected chi connectivity index (χ1v) is 10.1. The highest BCUT2D eigenvalue weighted by molar-refractivity contribution is 7.89. The molecule has 27 heavy (non-hydrogen) atoms. The van der Waals surface area contributed by atoms with E-state index in [1.54, 1.807) is 0 Å². The lowest BCUT2D eigenvalue weighted by Gasteiger charge is -2.31. The number of likely N-dealkylation sites (N-methyl/N-ethyl adjacent to an activating group) is 1. The molecule has 0 radical (unpaired) electrons. The van der Waals surface area contributed by atoms with Crippen molar-refractivity contribution >= 4 is 33.2 Å². The molecule has 1 amide bonds. The molecule has 144 valence electrons. The van der Waals surface area contributed by atoms with Gasteiger partial charge in [0.2, 0.25) is 10.0 Å². The van der Waals surface area contributed by atoms with Gasteiger partial charge < -0.3 is 10.2 Å². The molecule has 1 aliphatic heterocycles. The Labute approximate surface area is 162 Å². The van der Waals surface area contributed by atoms with Crippen LogP contribution in [0.25, 0.3) is 0 Å². The Balaban J connectivity index is 1.86. The fourth-order valence-electron chi connectivity index (χ4n) is 2.78. The van der Waals surface area contributed by atoms with Crippen molar-refractivity contribution in [2.45, 2.75) is 4.90 Å². The third kappa shape index (κ3) is 4.47. The van der Waals surface area contributed by atoms with Crippen molar-refractivity contribution in [3.8, 4) is 0 Å². The second kappa shape index (κ2) is 7.93. The van der Waals surface area contributed by atoms with Crippen molar-refractivity contribution in [1.29, 1.82) is 0 Å². The van der Waals surface area contributed by atoms with Crippen LogP contribution >= 0.6 is 11.6 Å². The predicted octanol–water partition coefficient (Wildman–Crippen LogP) is 2.67. The number of sulfonamides is 1. The van der Waals surface area contributed by atoms with Crippen LogP contribution in [0.15, 0.2) is 47.4 Å². The monoisotopic (exact) mass is 411 g/mol. The van der Waals surface area contributed by atoms with Crippen molar-refractivity contribution in [3.63, 3.8) is 0 Å². The van der Waals surface area contributed by atoms with E-state index in [1.807, 2.05) is 11.9 Å². The van der Waals surface area contributed by atoms with Crippen LogP contribution in [0.1, 0.15) is 10.4 Å². The quantitative estimate of drug-likeness (QED) is 0.839. The molecule has 1 saturated heterocycles. The molecule has 0 aliphatic carbocycles. The molecule has 1 aliphatic rings. The van der Waals surface area contributed by atoms with E-state index < -0.39 is 21.7 Å². The third-order valence-electron chi connectivity index (χ3n) is 4.36. The molecule has 0 saturated carbocycles. The predicted molar refractivity (Wildman–Crippen MR) is 102 cm³/mol. The SMILES string of the molecule is CN1CCN(S(=O)(=O)c2ccc(Cl)c(C(=O)Nc3cccc(F)c3)c2)CC1. The topological polar surface area (TPSA) is 69.7 Å². The Bertz CT molecular complexity index is 960. The maximum atomic E-state index is 13.3. The van der Waals surface area contributed by atoms with Gasteiger partial charge in [0, 0.05) is 31.9 Å². The maximum absolute atomic E-state index is 13.3. The minimum atomic E-state index is -3.73. The lowest BCUT2D eigenvalue weighted by atomic mass is 10.2. The van der Waals surface area contributed by atoms with Gasteiger partial charge in [0.05, 0.1) is 15.5 Å². The third-order valence-corrected chi connectivity index (χ3v) is 6.59. The highest BCUT2D eigenvalue weighted by atomic mass is 35.5. The number of rotatable bonds is 4. The van der Waals surface area contributed by atoms with Crippen molar-refractivity contribution in [3.05, 3.63) is 58.9 Å². The first-order valence-electron chi connectivity index (χ1n) is 8.32. The van der Waals surface area contributed by atoms with Crippen LogP contribution in [0.4, 0.5) is 10.1 Å². The zero-order valence-corrected chi connectivity index (χ0v) is 16.2. The van der Waals surface area contributed by atoms with Crippen LogP contribution < -0.4 is 5.32 Å². The molecule has 0 bridgehead atoms. The summed E-state index contributed by atoms with van der Waals surface area (Å²) in [6.45, 7) is 2.04. The standard InChI is InChI=1S/C18H19ClFN3O3S/c1-22-7-9-23(10-8-22)27(25,26)15-5-6-17(19)16(12-15)18(24)21-14-4-2-3-13(20)11-14/h2-6,11-12H,7-10H2,1H3,(H,21,24). The molecule has 1 heterocycles. The Morgan fingerprint density at radius 2 is 1.81 bits per heavy atom. The van der Waals surface area contributed by atoms with Gasteiger partial charge in [-0.05, 0) is 43.4 Å². The van der Waals surface area contributed by atoms with E-state index in [0.29, 0.717) is 26.2 Å². The molecule has 0 unspecified atom stereocenters. The summed E-state index contributed by atoms with van der Waals surface area (Å²) in [4.78, 5) is 14.6. The fourth-order valence-corrected chi connectivity index (χ4v) is 4.43. The van der Waals surface area contributed by atoms with Crippen molar-refractivity contribution in [2.75, 3.05) is 38.5 Å². The molecular formula is C18H19ClFN3O3S. The number of nitrogens with zero attached hydrogens (tertiary/aromatic N) is 2. The highest BCUT2D eigenvalue weighted by Gasteiger charge is 2.28. The van der Waals surface area contributed by atoms with Gasteiger partial charge in [0.15, 0.2) is 0 Å². The summed E-state index contributed by atoms with van der Waals surface area (Å²) in [5.74, 6) is -1.11. The first-order chi connectivity index (χ1) is 12.8. The number of amides is 1. The van der Waals surface area contributed by atoms with E-state index in [-0.39, 0.29) is 21.2 Å². The smallest absolute Gasteiger partial charge is 0.257 e. The lowest BCUT2D eigenvalue weighted by Crippen LogP contribution is -2.47. The number of nitrogens with one attached hydrogen (secondary N) is 1. The summed E-state index contributed by atoms with van der Waals surface area (Å²) in [6, 6.07) is 9.42. The van der Waals surface area contributed by atoms with Gasteiger partial charge in [0.1, 0.15) is 5.82 Å². The molecule has 3 rings (SSSR count). The number of hydrogen-bond acceptors (Lipinski definition) is 4. The first kappa shape index (κ1) is 19.8. The van der Waals surface area contributed by atoms with Gasteiger partial charge in [-0.3, -0.25) is 4.79 Å². The van der Waals surface area contributed by atoms with Crippen LogP contribution in [0.3, 0.4) is 0 Å². The summed E-state index contributed by atoms with van der Waals surface area (Å²) in [6.07, 6.45) is 0. The van der Waals surface area contributed by atoms with Crippen molar-refractivity contribution < 1.29 is 17.6 Å². The van der Waals surface area contributed by atoms with E-state index in [9.17, 15) is 17.6 Å². The maximum Gasteiger partial charge on any atom is 0.257 e. The van der Waals surface area contributed by atoms with E-state index in [0.717, 1.165) is 6.07 Å². The number of halogens is 2. The van der Waals surface area contributed by atoms with Crippen LogP contribution in [0, 0.1) is 5.82 Å². The summed E-state index contributed by atoms with van der Waals surface area (Å²) in [7, 11) is -1.80. The molecule has 0 aromatic heterocycles. The molecular weight excluding hydrogens is 393 g/mol. The summed E-state index contributed by atoms with van der Waals surface area (Å²) in [5.41, 5.74) is 0.263. The second-order valence-corrected chi connectivity index (χ2v) is 8.66. The van der Waals surface area contributed by atoms with E-state index in [2.05, 4.69) is 5.32 Å². The van der Waals surface area contributed by atoms with Crippen LogP contribution in [-0.2, 0) is 10.0 Å². The van der Waals surface area contributed by atoms with E-state index in [4.69, 9.17) is 11.6 Å². The van der Waals surface area contributed by atoms with Gasteiger partial charge in [-0.1, -0.05) is 17.7 Å². The van der Waals surface area contributed by atoms with Gasteiger partial charge >= 0.3 is 0 Å². The average molecular weight is 412 g/mol. The van der Waals surface area contributed by atoms with Crippen molar-refractivity contribution in [2.24, 2.45) is 0 Å². The Kier molecular flexibility index (Phi) is 5.81. The van der Waals surface area contributed by atoms with Crippen molar-refractivity contribution in [1.82, 2.24) is 9.21 Å². The molecule has 1 N–H and O–H groups in total. The summed E-state index contributed by atoms with van der Waals surface area (Å²) < 4.78 is 40.4. The molecule has 6 nitrogen and oxygen atoms in total. The molecule has 9 heteroatoms. The largest absolute Gasteiger partial charge is 0.322 e. The normalized spacial score (nSPS) is 16.3. The summed E-state index contributed by atoms with van der Waals surface area (Å²) in [5, 5.41) is 2.64. The Hall–Kier alpha value is -2.00. The Morgan fingerprint density at radius 3 is 2.48 bits per heavy atom. The van der Waals surface area contributed by atoms with Gasteiger partial charge in [-0.25, -0.2) is 12.8 Å². The Morgan fingerprint density at radius 1 is 1.11 bits per heavy atom. The van der Waals surface area contributed by atoms with Crippen LogP contribution in [0.5, 0.6) is 0 Å². The highest BCUT2D eigenvalue weighted by Crippen LogP contribution is 2.25. The average Bonchev–Trinajstić information content (AvgIpc) is 2.62. The minimum absolute atomic E-state index is 0.000783. The van der Waals surface area contributed by atoms with Gasteiger partial charge in [-0.2, -0.15) is 4.31 Å². The molecule has 1 fully saturated rings. The molecule has 0 spiro atoms. The minimum Gasteiger partial charge on any atom is -0.322 e. The van der Waals surface area contributed by atoms with Crippen LogP contribution in [0.2, 0.25) is 5.02 Å². The number of piperazine rings is 1.